The fourth-order valence-electron chi connectivity index (χ4n) is 2.61. The Morgan fingerprint density at radius 1 is 0.955 bits per heavy atom. The van der Waals surface area contributed by atoms with Crippen LogP contribution in [0.5, 0.6) is 0 Å². The highest BCUT2D eigenvalue weighted by molar-refractivity contribution is 5.78. The normalized spacial score (nSPS) is 12.6. The topological polar surface area (TPSA) is 43.9 Å². The predicted octanol–water partition coefficient (Wildman–Crippen LogP) is 3.80. The molecule has 1 unspecified atom stereocenters. The van der Waals surface area contributed by atoms with Crippen molar-refractivity contribution in [2.75, 3.05) is 0 Å². The highest BCUT2D eigenvalue weighted by Crippen LogP contribution is 2.31. The third kappa shape index (κ3) is 2.16. The quantitative estimate of drug-likeness (QED) is 0.577. The summed E-state index contributed by atoms with van der Waals surface area (Å²) in [6, 6.07) is 15.9. The van der Waals surface area contributed by atoms with Crippen molar-refractivity contribution in [3.8, 4) is 0 Å². The zero-order valence-corrected chi connectivity index (χ0v) is 11.6. The molecular formula is C17H12FN3O. The average molecular weight is 293 g/mol. The van der Waals surface area contributed by atoms with E-state index in [4.69, 9.17) is 4.42 Å². The van der Waals surface area contributed by atoms with Crippen LogP contribution in [0.2, 0.25) is 0 Å². The minimum Gasteiger partial charge on any atom is -0.458 e. The molecule has 0 N–H and O–H groups in total. The Bertz CT molecular complexity index is 864. The fourth-order valence-corrected chi connectivity index (χ4v) is 2.61. The van der Waals surface area contributed by atoms with Crippen molar-refractivity contribution in [2.45, 2.75) is 6.04 Å². The molecule has 0 aliphatic rings. The Morgan fingerprint density at radius 2 is 1.68 bits per heavy atom. The molecule has 0 aliphatic heterocycles. The van der Waals surface area contributed by atoms with E-state index >= 15 is 0 Å². The molecule has 0 aliphatic carbocycles. The van der Waals surface area contributed by atoms with E-state index in [0.717, 1.165) is 22.3 Å². The molecule has 22 heavy (non-hydrogen) atoms. The number of hydrogen-bond acceptors (Lipinski definition) is 3. The van der Waals surface area contributed by atoms with Crippen molar-refractivity contribution in [3.05, 3.63) is 84.4 Å². The van der Waals surface area contributed by atoms with Gasteiger partial charge >= 0.3 is 0 Å². The molecule has 4 rings (SSSR count). The molecule has 1 atom stereocenters. The summed E-state index contributed by atoms with van der Waals surface area (Å²) in [5, 5.41) is 8.75. The Balaban J connectivity index is 1.88. The van der Waals surface area contributed by atoms with E-state index < -0.39 is 0 Å². The lowest BCUT2D eigenvalue weighted by Gasteiger charge is -2.15. The molecule has 108 valence electrons. The van der Waals surface area contributed by atoms with Crippen molar-refractivity contribution in [3.63, 3.8) is 0 Å². The van der Waals surface area contributed by atoms with E-state index in [1.807, 2.05) is 34.9 Å². The number of para-hydroxylation sites is 1. The number of furan rings is 1. The lowest BCUT2D eigenvalue weighted by atomic mass is 10.0. The highest BCUT2D eigenvalue weighted by Gasteiger charge is 2.20. The Kier molecular flexibility index (Phi) is 2.96. The maximum absolute atomic E-state index is 13.2. The maximum atomic E-state index is 13.2. The number of rotatable bonds is 3. The third-order valence-electron chi connectivity index (χ3n) is 3.63. The summed E-state index contributed by atoms with van der Waals surface area (Å²) in [7, 11) is 0. The first kappa shape index (κ1) is 12.8. The summed E-state index contributed by atoms with van der Waals surface area (Å²) in [6.07, 6.45) is 3.25. The molecule has 0 saturated heterocycles. The van der Waals surface area contributed by atoms with Crippen LogP contribution in [-0.4, -0.2) is 14.8 Å². The van der Waals surface area contributed by atoms with Gasteiger partial charge in [-0.1, -0.05) is 30.3 Å². The summed E-state index contributed by atoms with van der Waals surface area (Å²) >= 11 is 0. The SMILES string of the molecule is Fc1ccc(C(c2cc3ccccc3o2)n2cnnc2)cc1. The second-order valence-electron chi connectivity index (χ2n) is 5.05. The lowest BCUT2D eigenvalue weighted by molar-refractivity contribution is 0.486. The third-order valence-corrected chi connectivity index (χ3v) is 3.63. The summed E-state index contributed by atoms with van der Waals surface area (Å²) < 4.78 is 21.0. The summed E-state index contributed by atoms with van der Waals surface area (Å²) in [5.74, 6) is 0.489. The van der Waals surface area contributed by atoms with Crippen LogP contribution in [0.4, 0.5) is 4.39 Å². The van der Waals surface area contributed by atoms with Gasteiger partial charge in [0, 0.05) is 5.39 Å². The van der Waals surface area contributed by atoms with Crippen LogP contribution >= 0.6 is 0 Å². The minimum absolute atomic E-state index is 0.233. The van der Waals surface area contributed by atoms with Gasteiger partial charge in [0.05, 0.1) is 0 Å². The first-order chi connectivity index (χ1) is 10.8. The molecule has 0 radical (unpaired) electrons. The van der Waals surface area contributed by atoms with E-state index in [1.165, 1.54) is 12.1 Å². The molecule has 0 bridgehead atoms. The zero-order chi connectivity index (χ0) is 14.9. The molecule has 4 nitrogen and oxygen atoms in total. The van der Waals surface area contributed by atoms with Crippen LogP contribution in [0.3, 0.4) is 0 Å². The maximum Gasteiger partial charge on any atom is 0.134 e. The van der Waals surface area contributed by atoms with Crippen LogP contribution in [0.15, 0.2) is 71.7 Å². The van der Waals surface area contributed by atoms with E-state index in [0.29, 0.717) is 0 Å². The van der Waals surface area contributed by atoms with E-state index in [1.54, 1.807) is 24.8 Å². The van der Waals surface area contributed by atoms with Gasteiger partial charge in [-0.05, 0) is 29.8 Å². The molecular weight excluding hydrogens is 281 g/mol. The number of aromatic nitrogens is 3. The first-order valence-corrected chi connectivity index (χ1v) is 6.89. The van der Waals surface area contributed by atoms with Gasteiger partial charge in [-0.2, -0.15) is 0 Å². The number of hydrogen-bond donors (Lipinski definition) is 0. The molecule has 0 saturated carbocycles. The van der Waals surface area contributed by atoms with Gasteiger partial charge in [-0.25, -0.2) is 4.39 Å². The summed E-state index contributed by atoms with van der Waals surface area (Å²) in [5.41, 5.74) is 1.72. The van der Waals surface area contributed by atoms with Gasteiger partial charge < -0.3 is 8.98 Å². The van der Waals surface area contributed by atoms with Crippen molar-refractivity contribution in [1.82, 2.24) is 14.8 Å². The van der Waals surface area contributed by atoms with Crippen molar-refractivity contribution in [2.24, 2.45) is 0 Å². The fraction of sp³-hybridized carbons (Fsp3) is 0.0588. The second kappa shape index (κ2) is 5.11. The molecule has 0 fully saturated rings. The van der Waals surface area contributed by atoms with Gasteiger partial charge in [-0.15, -0.1) is 10.2 Å². The Hall–Kier alpha value is -2.95. The minimum atomic E-state index is -0.268. The largest absolute Gasteiger partial charge is 0.458 e. The van der Waals surface area contributed by atoms with Crippen LogP contribution in [-0.2, 0) is 0 Å². The zero-order valence-electron chi connectivity index (χ0n) is 11.6. The number of halogens is 1. The van der Waals surface area contributed by atoms with Crippen LogP contribution < -0.4 is 0 Å². The average Bonchev–Trinajstić information content (AvgIpc) is 3.19. The molecule has 0 spiro atoms. The summed E-state index contributed by atoms with van der Waals surface area (Å²) in [4.78, 5) is 0. The van der Waals surface area contributed by atoms with Gasteiger partial charge in [-0.3, -0.25) is 0 Å². The van der Waals surface area contributed by atoms with E-state index in [-0.39, 0.29) is 11.9 Å². The number of benzene rings is 2. The molecule has 2 aromatic heterocycles. The molecule has 0 amide bonds. The van der Waals surface area contributed by atoms with Gasteiger partial charge in [0.2, 0.25) is 0 Å². The molecule has 4 aromatic rings. The number of nitrogens with zero attached hydrogens (tertiary/aromatic N) is 3. The van der Waals surface area contributed by atoms with Gasteiger partial charge in [0.15, 0.2) is 0 Å². The van der Waals surface area contributed by atoms with E-state index in [2.05, 4.69) is 10.2 Å². The Morgan fingerprint density at radius 3 is 2.41 bits per heavy atom. The molecule has 5 heteroatoms. The highest BCUT2D eigenvalue weighted by atomic mass is 19.1. The molecule has 2 aromatic carbocycles. The van der Waals surface area contributed by atoms with Crippen LogP contribution in [0.25, 0.3) is 11.0 Å². The predicted molar refractivity (Wildman–Crippen MR) is 79.9 cm³/mol. The Labute approximate surface area is 125 Å². The van der Waals surface area contributed by atoms with Gasteiger partial charge in [0.25, 0.3) is 0 Å². The standard InChI is InChI=1S/C17H12FN3O/c18-14-7-5-12(6-8-14)17(21-10-19-20-11-21)16-9-13-3-1-2-4-15(13)22-16/h1-11,17H. The van der Waals surface area contributed by atoms with Crippen molar-refractivity contribution in [1.29, 1.82) is 0 Å². The van der Waals surface area contributed by atoms with Crippen LogP contribution in [0, 0.1) is 5.82 Å². The van der Waals surface area contributed by atoms with E-state index in [9.17, 15) is 4.39 Å². The monoisotopic (exact) mass is 293 g/mol. The van der Waals surface area contributed by atoms with Crippen molar-refractivity contribution >= 4 is 11.0 Å². The second-order valence-corrected chi connectivity index (χ2v) is 5.05. The lowest BCUT2D eigenvalue weighted by Crippen LogP contribution is -2.09. The first-order valence-electron chi connectivity index (χ1n) is 6.89. The van der Waals surface area contributed by atoms with Crippen molar-refractivity contribution < 1.29 is 8.81 Å². The van der Waals surface area contributed by atoms with Crippen LogP contribution in [0.1, 0.15) is 17.4 Å². The summed E-state index contributed by atoms with van der Waals surface area (Å²) in [6.45, 7) is 0. The number of fused-ring (bicyclic) bond motifs is 1. The smallest absolute Gasteiger partial charge is 0.134 e. The van der Waals surface area contributed by atoms with Gasteiger partial charge in [0.1, 0.15) is 35.9 Å². The molecule has 2 heterocycles.